The summed E-state index contributed by atoms with van der Waals surface area (Å²) in [4.78, 5) is 12.4. The monoisotopic (exact) mass is 369 g/mol. The van der Waals surface area contributed by atoms with Crippen LogP contribution < -0.4 is 14.8 Å². The van der Waals surface area contributed by atoms with Gasteiger partial charge in [0.15, 0.2) is 6.10 Å². The van der Waals surface area contributed by atoms with Crippen LogP contribution in [0.25, 0.3) is 0 Å². The van der Waals surface area contributed by atoms with Gasteiger partial charge in [0.2, 0.25) is 0 Å². The molecule has 5 nitrogen and oxygen atoms in total. The highest BCUT2D eigenvalue weighted by molar-refractivity contribution is 5.94. The van der Waals surface area contributed by atoms with Crippen molar-refractivity contribution in [2.24, 2.45) is 0 Å². The summed E-state index contributed by atoms with van der Waals surface area (Å²) in [5.74, 6) is 1.20. The summed E-state index contributed by atoms with van der Waals surface area (Å²) in [5.41, 5.74) is 1.92. The first-order valence-electron chi connectivity index (χ1n) is 9.55. The second-order valence-corrected chi connectivity index (χ2v) is 6.72. The van der Waals surface area contributed by atoms with Gasteiger partial charge in [0.1, 0.15) is 18.1 Å². The minimum Gasteiger partial charge on any atom is -0.491 e. The molecule has 3 rings (SSSR count). The van der Waals surface area contributed by atoms with Crippen molar-refractivity contribution < 1.29 is 19.0 Å². The third-order valence-electron chi connectivity index (χ3n) is 4.58. The van der Waals surface area contributed by atoms with Crippen LogP contribution in [-0.2, 0) is 16.0 Å². The standard InChI is InChI=1S/C22H27NO4/c1-3-17-9-11-19(12-10-17)27-16(2)22(24)23-18-6-4-7-20(14-18)26-15-21-8-5-13-25-21/h4,6-7,9-12,14,16,21H,3,5,8,13,15H2,1-2H3,(H,23,24). The van der Waals surface area contributed by atoms with Crippen molar-refractivity contribution in [3.05, 3.63) is 54.1 Å². The van der Waals surface area contributed by atoms with Crippen LogP contribution in [0.4, 0.5) is 5.69 Å². The summed E-state index contributed by atoms with van der Waals surface area (Å²) < 4.78 is 17.1. The number of hydrogen-bond acceptors (Lipinski definition) is 4. The highest BCUT2D eigenvalue weighted by Gasteiger charge is 2.17. The van der Waals surface area contributed by atoms with Gasteiger partial charge in [0, 0.05) is 18.4 Å². The van der Waals surface area contributed by atoms with Crippen molar-refractivity contribution in [1.29, 1.82) is 0 Å². The molecule has 1 N–H and O–H groups in total. The molecular weight excluding hydrogens is 342 g/mol. The molecule has 1 fully saturated rings. The Bertz CT molecular complexity index is 738. The first kappa shape index (κ1) is 19.2. The van der Waals surface area contributed by atoms with Gasteiger partial charge < -0.3 is 19.5 Å². The third kappa shape index (κ3) is 5.73. The molecule has 1 amide bonds. The molecule has 2 aromatic carbocycles. The van der Waals surface area contributed by atoms with Crippen molar-refractivity contribution in [3.63, 3.8) is 0 Å². The van der Waals surface area contributed by atoms with E-state index in [1.807, 2.05) is 48.5 Å². The number of anilines is 1. The summed E-state index contributed by atoms with van der Waals surface area (Å²) in [6.45, 7) is 5.18. The normalized spacial score (nSPS) is 17.3. The van der Waals surface area contributed by atoms with Crippen LogP contribution >= 0.6 is 0 Å². The van der Waals surface area contributed by atoms with E-state index < -0.39 is 6.10 Å². The van der Waals surface area contributed by atoms with Crippen LogP contribution in [0.15, 0.2) is 48.5 Å². The van der Waals surface area contributed by atoms with E-state index in [9.17, 15) is 4.79 Å². The Morgan fingerprint density at radius 2 is 2.04 bits per heavy atom. The topological polar surface area (TPSA) is 56.8 Å². The molecule has 0 aromatic heterocycles. The van der Waals surface area contributed by atoms with Gasteiger partial charge in [0.05, 0.1) is 6.10 Å². The van der Waals surface area contributed by atoms with Crippen molar-refractivity contribution >= 4 is 11.6 Å². The van der Waals surface area contributed by atoms with Crippen LogP contribution in [0.3, 0.4) is 0 Å². The second-order valence-electron chi connectivity index (χ2n) is 6.72. The van der Waals surface area contributed by atoms with E-state index in [2.05, 4.69) is 12.2 Å². The number of rotatable bonds is 8. The predicted molar refractivity (Wildman–Crippen MR) is 105 cm³/mol. The number of aryl methyl sites for hydroxylation is 1. The average molecular weight is 369 g/mol. The van der Waals surface area contributed by atoms with Gasteiger partial charge in [-0.3, -0.25) is 4.79 Å². The van der Waals surface area contributed by atoms with E-state index in [1.165, 1.54) is 5.56 Å². The van der Waals surface area contributed by atoms with Crippen molar-refractivity contribution in [2.45, 2.75) is 45.3 Å². The van der Waals surface area contributed by atoms with E-state index in [0.29, 0.717) is 23.8 Å². The molecule has 27 heavy (non-hydrogen) atoms. The van der Waals surface area contributed by atoms with Crippen LogP contribution in [0.1, 0.15) is 32.3 Å². The first-order chi connectivity index (χ1) is 13.1. The molecule has 0 bridgehead atoms. The van der Waals surface area contributed by atoms with Gasteiger partial charge >= 0.3 is 0 Å². The number of amides is 1. The summed E-state index contributed by atoms with van der Waals surface area (Å²) in [6, 6.07) is 15.2. The SMILES string of the molecule is CCc1ccc(OC(C)C(=O)Nc2cccc(OCC3CCCO3)c2)cc1. The van der Waals surface area contributed by atoms with Gasteiger partial charge in [-0.05, 0) is 56.0 Å². The first-order valence-corrected chi connectivity index (χ1v) is 9.55. The summed E-state index contributed by atoms with van der Waals surface area (Å²) in [6.07, 6.45) is 2.65. The molecule has 0 radical (unpaired) electrons. The third-order valence-corrected chi connectivity index (χ3v) is 4.58. The number of carbonyl (C=O) groups is 1. The fourth-order valence-corrected chi connectivity index (χ4v) is 2.93. The average Bonchev–Trinajstić information content (AvgIpc) is 3.21. The lowest BCUT2D eigenvalue weighted by atomic mass is 10.2. The highest BCUT2D eigenvalue weighted by Crippen LogP contribution is 2.20. The molecule has 0 aliphatic carbocycles. The van der Waals surface area contributed by atoms with Gasteiger partial charge in [-0.15, -0.1) is 0 Å². The molecule has 0 spiro atoms. The quantitative estimate of drug-likeness (QED) is 0.757. The molecule has 1 heterocycles. The number of ether oxygens (including phenoxy) is 3. The van der Waals surface area contributed by atoms with Crippen LogP contribution in [0.2, 0.25) is 0 Å². The maximum atomic E-state index is 12.4. The van der Waals surface area contributed by atoms with Gasteiger partial charge in [0.25, 0.3) is 5.91 Å². The lowest BCUT2D eigenvalue weighted by molar-refractivity contribution is -0.122. The van der Waals surface area contributed by atoms with Crippen molar-refractivity contribution in [2.75, 3.05) is 18.5 Å². The lowest BCUT2D eigenvalue weighted by Gasteiger charge is -2.16. The Hall–Kier alpha value is -2.53. The maximum Gasteiger partial charge on any atom is 0.265 e. The molecule has 1 aliphatic rings. The van der Waals surface area contributed by atoms with E-state index in [0.717, 1.165) is 25.9 Å². The fourth-order valence-electron chi connectivity index (χ4n) is 2.93. The van der Waals surface area contributed by atoms with E-state index in [4.69, 9.17) is 14.2 Å². The molecule has 1 saturated heterocycles. The molecule has 2 aromatic rings. The molecule has 5 heteroatoms. The minimum atomic E-state index is -0.603. The minimum absolute atomic E-state index is 0.163. The summed E-state index contributed by atoms with van der Waals surface area (Å²) in [7, 11) is 0. The van der Waals surface area contributed by atoms with Crippen LogP contribution in [0, 0.1) is 0 Å². The molecule has 2 atom stereocenters. The van der Waals surface area contributed by atoms with E-state index >= 15 is 0 Å². The molecule has 2 unspecified atom stereocenters. The number of carbonyl (C=O) groups excluding carboxylic acids is 1. The highest BCUT2D eigenvalue weighted by atomic mass is 16.5. The number of benzene rings is 2. The van der Waals surface area contributed by atoms with Crippen LogP contribution in [0.5, 0.6) is 11.5 Å². The van der Waals surface area contributed by atoms with Gasteiger partial charge in [-0.2, -0.15) is 0 Å². The number of hydrogen-bond donors (Lipinski definition) is 1. The van der Waals surface area contributed by atoms with Crippen LogP contribution in [-0.4, -0.2) is 31.3 Å². The fraction of sp³-hybridized carbons (Fsp3) is 0.409. The van der Waals surface area contributed by atoms with E-state index in [-0.39, 0.29) is 12.0 Å². The Morgan fingerprint density at radius 3 is 2.74 bits per heavy atom. The Morgan fingerprint density at radius 1 is 1.22 bits per heavy atom. The Balaban J connectivity index is 1.52. The smallest absolute Gasteiger partial charge is 0.265 e. The van der Waals surface area contributed by atoms with Crippen molar-refractivity contribution in [1.82, 2.24) is 0 Å². The molecule has 144 valence electrons. The zero-order chi connectivity index (χ0) is 19.1. The lowest BCUT2D eigenvalue weighted by Crippen LogP contribution is -2.30. The Labute approximate surface area is 160 Å². The van der Waals surface area contributed by atoms with Crippen molar-refractivity contribution in [3.8, 4) is 11.5 Å². The largest absolute Gasteiger partial charge is 0.491 e. The second kappa shape index (κ2) is 9.42. The molecule has 0 saturated carbocycles. The van der Waals surface area contributed by atoms with E-state index in [1.54, 1.807) is 6.92 Å². The molecular formula is C22H27NO4. The summed E-state index contributed by atoms with van der Waals surface area (Å²) >= 11 is 0. The number of nitrogens with one attached hydrogen (secondary N) is 1. The zero-order valence-corrected chi connectivity index (χ0v) is 15.9. The summed E-state index contributed by atoms with van der Waals surface area (Å²) in [5, 5.41) is 2.88. The van der Waals surface area contributed by atoms with Gasteiger partial charge in [-0.1, -0.05) is 25.1 Å². The Kier molecular flexibility index (Phi) is 6.71. The maximum absolute atomic E-state index is 12.4. The van der Waals surface area contributed by atoms with Gasteiger partial charge in [-0.25, -0.2) is 0 Å². The zero-order valence-electron chi connectivity index (χ0n) is 15.9. The predicted octanol–water partition coefficient (Wildman–Crippen LogP) is 4.21. The molecule has 1 aliphatic heterocycles.